The van der Waals surface area contributed by atoms with Crippen LogP contribution in [0.2, 0.25) is 10.0 Å². The van der Waals surface area contributed by atoms with E-state index in [4.69, 9.17) is 23.2 Å². The Labute approximate surface area is 200 Å². The summed E-state index contributed by atoms with van der Waals surface area (Å²) in [6, 6.07) is 15.8. The Morgan fingerprint density at radius 2 is 1.90 bits per heavy atom. The van der Waals surface area contributed by atoms with Crippen LogP contribution in [0.15, 0.2) is 52.9 Å². The predicted octanol–water partition coefficient (Wildman–Crippen LogP) is 5.99. The number of piperidine rings is 1. The molecule has 3 aromatic rings. The lowest BCUT2D eigenvalue weighted by atomic mass is 9.95. The maximum atomic E-state index is 12.7. The standard InChI is InChI=1S/C22H22Cl2N4OS2/c23-18-7-6-17(19(24)12-18)13-28-10-8-16(9-11-28)20(29)25-21-26-27-22(31-21)30-14-15-4-2-1-3-5-15/h1-7,12,16H,8-11,13-14H2,(H,25,26,29). The number of halogens is 2. The summed E-state index contributed by atoms with van der Waals surface area (Å²) >= 11 is 15.3. The summed E-state index contributed by atoms with van der Waals surface area (Å²) in [4.78, 5) is 15.0. The Morgan fingerprint density at radius 1 is 1.13 bits per heavy atom. The van der Waals surface area contributed by atoms with Crippen LogP contribution in [0.5, 0.6) is 0 Å². The summed E-state index contributed by atoms with van der Waals surface area (Å²) in [6.07, 6.45) is 1.62. The monoisotopic (exact) mass is 492 g/mol. The van der Waals surface area contributed by atoms with Gasteiger partial charge in [0, 0.05) is 28.3 Å². The molecule has 1 saturated heterocycles. The van der Waals surface area contributed by atoms with E-state index in [2.05, 4.69) is 32.5 Å². The lowest BCUT2D eigenvalue weighted by molar-refractivity contribution is -0.121. The number of carbonyl (C=O) groups is 1. The van der Waals surface area contributed by atoms with Crippen molar-refractivity contribution in [2.45, 2.75) is 29.5 Å². The molecule has 1 aliphatic rings. The number of likely N-dealkylation sites (tertiary alicyclic amines) is 1. The second kappa shape index (κ2) is 10.8. The fourth-order valence-electron chi connectivity index (χ4n) is 3.49. The van der Waals surface area contributed by atoms with Gasteiger partial charge in [-0.15, -0.1) is 10.2 Å². The van der Waals surface area contributed by atoms with Crippen molar-refractivity contribution in [3.05, 3.63) is 69.7 Å². The van der Waals surface area contributed by atoms with E-state index in [0.29, 0.717) is 15.2 Å². The normalized spacial score (nSPS) is 15.2. The summed E-state index contributed by atoms with van der Waals surface area (Å²) in [5.74, 6) is 0.848. The molecular weight excluding hydrogens is 471 g/mol. The van der Waals surface area contributed by atoms with Crippen molar-refractivity contribution in [2.24, 2.45) is 5.92 Å². The minimum Gasteiger partial charge on any atom is -0.300 e. The molecule has 1 amide bonds. The third-order valence-electron chi connectivity index (χ3n) is 5.21. The van der Waals surface area contributed by atoms with Crippen LogP contribution in [0.3, 0.4) is 0 Å². The number of carbonyl (C=O) groups excluding carboxylic acids is 1. The first kappa shape index (κ1) is 22.6. The quantitative estimate of drug-likeness (QED) is 0.324. The Hall–Kier alpha value is -1.64. The number of nitrogens with zero attached hydrogens (tertiary/aromatic N) is 3. The van der Waals surface area contributed by atoms with Gasteiger partial charge in [0.05, 0.1) is 0 Å². The van der Waals surface area contributed by atoms with Crippen LogP contribution in [-0.4, -0.2) is 34.1 Å². The van der Waals surface area contributed by atoms with Gasteiger partial charge in [-0.1, -0.05) is 82.7 Å². The summed E-state index contributed by atoms with van der Waals surface area (Å²) in [6.45, 7) is 2.47. The van der Waals surface area contributed by atoms with Gasteiger partial charge in [0.1, 0.15) is 0 Å². The molecule has 0 radical (unpaired) electrons. The molecule has 9 heteroatoms. The van der Waals surface area contributed by atoms with Crippen LogP contribution in [0.1, 0.15) is 24.0 Å². The van der Waals surface area contributed by atoms with Crippen molar-refractivity contribution in [1.82, 2.24) is 15.1 Å². The average molecular weight is 493 g/mol. The second-order valence-electron chi connectivity index (χ2n) is 7.42. The number of hydrogen-bond acceptors (Lipinski definition) is 6. The smallest absolute Gasteiger partial charge is 0.229 e. The van der Waals surface area contributed by atoms with E-state index in [1.54, 1.807) is 17.8 Å². The Balaban J connectivity index is 1.23. The third kappa shape index (κ3) is 6.43. The van der Waals surface area contributed by atoms with Gasteiger partial charge in [-0.05, 0) is 49.2 Å². The largest absolute Gasteiger partial charge is 0.300 e. The molecule has 0 saturated carbocycles. The average Bonchev–Trinajstić information content (AvgIpc) is 3.23. The topological polar surface area (TPSA) is 58.1 Å². The summed E-state index contributed by atoms with van der Waals surface area (Å²) < 4.78 is 0.855. The molecule has 1 fully saturated rings. The molecular formula is C22H22Cl2N4OS2. The fraction of sp³-hybridized carbons (Fsp3) is 0.318. The van der Waals surface area contributed by atoms with E-state index in [0.717, 1.165) is 48.1 Å². The number of aromatic nitrogens is 2. The molecule has 0 spiro atoms. The number of thioether (sulfide) groups is 1. The van der Waals surface area contributed by atoms with Gasteiger partial charge >= 0.3 is 0 Å². The van der Waals surface area contributed by atoms with Gasteiger partial charge in [0.25, 0.3) is 0 Å². The molecule has 0 aliphatic carbocycles. The van der Waals surface area contributed by atoms with Crippen LogP contribution in [0.4, 0.5) is 5.13 Å². The number of benzene rings is 2. The van der Waals surface area contributed by atoms with Crippen molar-refractivity contribution in [2.75, 3.05) is 18.4 Å². The molecule has 0 atom stereocenters. The van der Waals surface area contributed by atoms with Crippen LogP contribution >= 0.6 is 46.3 Å². The molecule has 1 aromatic heterocycles. The second-order valence-corrected chi connectivity index (χ2v) is 10.5. The van der Waals surface area contributed by atoms with Crippen LogP contribution < -0.4 is 5.32 Å². The molecule has 1 N–H and O–H groups in total. The highest BCUT2D eigenvalue weighted by Crippen LogP contribution is 2.29. The van der Waals surface area contributed by atoms with Crippen molar-refractivity contribution >= 4 is 57.3 Å². The van der Waals surface area contributed by atoms with Gasteiger partial charge in [0.15, 0.2) is 4.34 Å². The maximum absolute atomic E-state index is 12.7. The van der Waals surface area contributed by atoms with Crippen LogP contribution in [0, 0.1) is 5.92 Å². The molecule has 0 bridgehead atoms. The highest BCUT2D eigenvalue weighted by molar-refractivity contribution is 8.00. The fourth-order valence-corrected chi connectivity index (χ4v) is 5.67. The van der Waals surface area contributed by atoms with E-state index in [1.807, 2.05) is 30.3 Å². The zero-order valence-corrected chi connectivity index (χ0v) is 19.9. The van der Waals surface area contributed by atoms with E-state index in [9.17, 15) is 4.79 Å². The number of amides is 1. The van der Waals surface area contributed by atoms with E-state index >= 15 is 0 Å². The van der Waals surface area contributed by atoms with Gasteiger partial charge in [0.2, 0.25) is 11.0 Å². The van der Waals surface area contributed by atoms with E-state index < -0.39 is 0 Å². The van der Waals surface area contributed by atoms with E-state index in [-0.39, 0.29) is 11.8 Å². The SMILES string of the molecule is O=C(Nc1nnc(SCc2ccccc2)s1)C1CCN(Cc2ccc(Cl)cc2Cl)CC1. The molecule has 5 nitrogen and oxygen atoms in total. The third-order valence-corrected chi connectivity index (χ3v) is 7.84. The minimum atomic E-state index is -0.0127. The van der Waals surface area contributed by atoms with Crippen molar-refractivity contribution in [3.63, 3.8) is 0 Å². The van der Waals surface area contributed by atoms with Gasteiger partial charge in [-0.25, -0.2) is 0 Å². The molecule has 2 aromatic carbocycles. The molecule has 162 valence electrons. The van der Waals surface area contributed by atoms with Crippen molar-refractivity contribution in [3.8, 4) is 0 Å². The van der Waals surface area contributed by atoms with Gasteiger partial charge < -0.3 is 5.32 Å². The zero-order valence-electron chi connectivity index (χ0n) is 16.8. The predicted molar refractivity (Wildman–Crippen MR) is 129 cm³/mol. The first-order valence-electron chi connectivity index (χ1n) is 10.0. The Morgan fingerprint density at radius 3 is 2.65 bits per heavy atom. The van der Waals surface area contributed by atoms with Crippen molar-refractivity contribution in [1.29, 1.82) is 0 Å². The molecule has 31 heavy (non-hydrogen) atoms. The summed E-state index contributed by atoms with van der Waals surface area (Å²) in [5, 5.41) is 13.2. The van der Waals surface area contributed by atoms with Gasteiger partial charge in [-0.2, -0.15) is 0 Å². The van der Waals surface area contributed by atoms with Gasteiger partial charge in [-0.3, -0.25) is 9.69 Å². The van der Waals surface area contributed by atoms with Crippen LogP contribution in [0.25, 0.3) is 0 Å². The Kier molecular flexibility index (Phi) is 7.85. The lowest BCUT2D eigenvalue weighted by Crippen LogP contribution is -2.37. The van der Waals surface area contributed by atoms with Crippen molar-refractivity contribution < 1.29 is 4.79 Å². The molecule has 4 rings (SSSR count). The minimum absolute atomic E-state index is 0.0127. The molecule has 1 aliphatic heterocycles. The molecule has 2 heterocycles. The highest BCUT2D eigenvalue weighted by atomic mass is 35.5. The number of hydrogen-bond donors (Lipinski definition) is 1. The lowest BCUT2D eigenvalue weighted by Gasteiger charge is -2.31. The summed E-state index contributed by atoms with van der Waals surface area (Å²) in [5.41, 5.74) is 2.29. The number of rotatable bonds is 7. The Bertz CT molecular complexity index is 1020. The number of nitrogens with one attached hydrogen (secondary N) is 1. The highest BCUT2D eigenvalue weighted by Gasteiger charge is 2.26. The summed E-state index contributed by atoms with van der Waals surface area (Å²) in [7, 11) is 0. The van der Waals surface area contributed by atoms with Crippen LogP contribution in [-0.2, 0) is 17.1 Å². The first-order valence-corrected chi connectivity index (χ1v) is 12.6. The maximum Gasteiger partial charge on any atom is 0.229 e. The molecule has 0 unspecified atom stereocenters. The first-order chi connectivity index (χ1) is 15.1. The number of anilines is 1. The zero-order chi connectivity index (χ0) is 21.6. The van der Waals surface area contributed by atoms with E-state index in [1.165, 1.54) is 16.9 Å².